The zero-order valence-corrected chi connectivity index (χ0v) is 11.9. The van der Waals surface area contributed by atoms with Gasteiger partial charge in [0, 0.05) is 10.0 Å². The third kappa shape index (κ3) is 4.13. The minimum Gasteiger partial charge on any atom is -0.481 e. The van der Waals surface area contributed by atoms with Gasteiger partial charge in [0.05, 0.1) is 6.61 Å². The molecule has 0 spiro atoms. The molecule has 19 heavy (non-hydrogen) atoms. The van der Waals surface area contributed by atoms with Crippen LogP contribution >= 0.6 is 15.9 Å². The van der Waals surface area contributed by atoms with Crippen LogP contribution in [0.15, 0.2) is 53.0 Å². The number of hydrogen-bond acceptors (Lipinski definition) is 2. The lowest BCUT2D eigenvalue weighted by Gasteiger charge is -2.05. The Morgan fingerprint density at radius 1 is 1.11 bits per heavy atom. The molecule has 2 rings (SSSR count). The van der Waals surface area contributed by atoms with Crippen LogP contribution in [0.2, 0.25) is 0 Å². The summed E-state index contributed by atoms with van der Waals surface area (Å²) in [7, 11) is 0. The van der Waals surface area contributed by atoms with E-state index in [1.54, 1.807) is 6.07 Å². The Bertz CT molecular complexity index is 597. The molecule has 0 amide bonds. The summed E-state index contributed by atoms with van der Waals surface area (Å²) in [6.45, 7) is 0.300. The molecule has 96 valence electrons. The van der Waals surface area contributed by atoms with E-state index in [9.17, 15) is 0 Å². The standard InChI is InChI=1S/C16H13BrO2/c17-16-9-8-15(11-14(16)12-18)19-10-4-7-13-5-2-1-3-6-13/h1-3,5-6,8-9,11,18H,10,12H2. The Kier molecular flexibility index (Phi) is 5.02. The summed E-state index contributed by atoms with van der Waals surface area (Å²) in [4.78, 5) is 0. The molecule has 0 unspecified atom stereocenters. The highest BCUT2D eigenvalue weighted by atomic mass is 79.9. The topological polar surface area (TPSA) is 29.5 Å². The highest BCUT2D eigenvalue weighted by Crippen LogP contribution is 2.22. The summed E-state index contributed by atoms with van der Waals surface area (Å²) in [5, 5.41) is 9.15. The van der Waals surface area contributed by atoms with Gasteiger partial charge in [-0.1, -0.05) is 46.0 Å². The Morgan fingerprint density at radius 3 is 2.63 bits per heavy atom. The molecule has 0 aromatic heterocycles. The summed E-state index contributed by atoms with van der Waals surface area (Å²) in [6, 6.07) is 15.3. The molecule has 0 aliphatic carbocycles. The second kappa shape index (κ2) is 6.98. The van der Waals surface area contributed by atoms with E-state index in [1.165, 1.54) is 0 Å². The van der Waals surface area contributed by atoms with Gasteiger partial charge in [-0.05, 0) is 35.9 Å². The number of halogens is 1. The molecule has 2 aromatic rings. The number of rotatable bonds is 3. The van der Waals surface area contributed by atoms with E-state index in [4.69, 9.17) is 9.84 Å². The lowest BCUT2D eigenvalue weighted by atomic mass is 10.2. The van der Waals surface area contributed by atoms with Crippen LogP contribution in [0.4, 0.5) is 0 Å². The predicted molar refractivity (Wildman–Crippen MR) is 78.9 cm³/mol. The molecule has 0 heterocycles. The molecule has 1 N–H and O–H groups in total. The normalized spacial score (nSPS) is 9.58. The third-order valence-electron chi connectivity index (χ3n) is 2.51. The summed E-state index contributed by atoms with van der Waals surface area (Å²) < 4.78 is 6.39. The van der Waals surface area contributed by atoms with Crippen molar-refractivity contribution in [2.45, 2.75) is 6.61 Å². The van der Waals surface area contributed by atoms with Crippen LogP contribution in [-0.2, 0) is 6.61 Å². The first-order valence-corrected chi connectivity index (χ1v) is 6.65. The molecule has 0 aliphatic heterocycles. The monoisotopic (exact) mass is 316 g/mol. The fraction of sp³-hybridized carbons (Fsp3) is 0.125. The third-order valence-corrected chi connectivity index (χ3v) is 3.28. The fourth-order valence-electron chi connectivity index (χ4n) is 1.54. The molecular weight excluding hydrogens is 304 g/mol. The van der Waals surface area contributed by atoms with Gasteiger partial charge in [0.15, 0.2) is 0 Å². The van der Waals surface area contributed by atoms with Crippen molar-refractivity contribution in [3.63, 3.8) is 0 Å². The van der Waals surface area contributed by atoms with E-state index in [-0.39, 0.29) is 6.61 Å². The predicted octanol–water partition coefficient (Wildman–Crippen LogP) is 3.37. The molecule has 2 aromatic carbocycles. The molecule has 0 aliphatic rings. The maximum Gasteiger partial charge on any atom is 0.149 e. The average Bonchev–Trinajstić information content (AvgIpc) is 2.46. The molecule has 0 radical (unpaired) electrons. The Balaban J connectivity index is 1.95. The summed E-state index contributed by atoms with van der Waals surface area (Å²) in [5.74, 6) is 6.68. The second-order valence-electron chi connectivity index (χ2n) is 3.87. The lowest BCUT2D eigenvalue weighted by Crippen LogP contribution is -1.95. The SMILES string of the molecule is OCc1cc(OCC#Cc2ccccc2)ccc1Br. The van der Waals surface area contributed by atoms with E-state index in [2.05, 4.69) is 27.8 Å². The van der Waals surface area contributed by atoms with Crippen molar-refractivity contribution >= 4 is 15.9 Å². The van der Waals surface area contributed by atoms with Gasteiger partial charge in [-0.15, -0.1) is 0 Å². The Morgan fingerprint density at radius 2 is 1.89 bits per heavy atom. The first-order valence-electron chi connectivity index (χ1n) is 5.85. The number of aliphatic hydroxyl groups is 1. The van der Waals surface area contributed by atoms with Crippen LogP contribution in [-0.4, -0.2) is 11.7 Å². The Labute approximate surface area is 121 Å². The largest absolute Gasteiger partial charge is 0.481 e. The minimum absolute atomic E-state index is 0.0204. The molecule has 2 nitrogen and oxygen atoms in total. The minimum atomic E-state index is -0.0204. The van der Waals surface area contributed by atoms with Crippen molar-refractivity contribution in [2.75, 3.05) is 6.61 Å². The van der Waals surface area contributed by atoms with Crippen LogP contribution in [0, 0.1) is 11.8 Å². The maximum atomic E-state index is 9.15. The quantitative estimate of drug-likeness (QED) is 0.880. The van der Waals surface area contributed by atoms with Crippen molar-refractivity contribution in [1.82, 2.24) is 0 Å². The van der Waals surface area contributed by atoms with Crippen molar-refractivity contribution in [3.05, 3.63) is 64.1 Å². The van der Waals surface area contributed by atoms with Crippen LogP contribution in [0.1, 0.15) is 11.1 Å². The van der Waals surface area contributed by atoms with E-state index in [1.807, 2.05) is 42.5 Å². The smallest absolute Gasteiger partial charge is 0.149 e. The van der Waals surface area contributed by atoms with Gasteiger partial charge in [-0.2, -0.15) is 0 Å². The van der Waals surface area contributed by atoms with Crippen molar-refractivity contribution in [2.24, 2.45) is 0 Å². The molecule has 0 saturated carbocycles. The van der Waals surface area contributed by atoms with Gasteiger partial charge < -0.3 is 9.84 Å². The van der Waals surface area contributed by atoms with E-state index >= 15 is 0 Å². The molecule has 0 fully saturated rings. The Hall–Kier alpha value is -1.76. The van der Waals surface area contributed by atoms with Gasteiger partial charge >= 0.3 is 0 Å². The summed E-state index contributed by atoms with van der Waals surface area (Å²) >= 11 is 3.36. The molecule has 3 heteroatoms. The zero-order valence-electron chi connectivity index (χ0n) is 10.3. The first-order chi connectivity index (χ1) is 9.29. The average molecular weight is 317 g/mol. The van der Waals surface area contributed by atoms with E-state index < -0.39 is 0 Å². The molecular formula is C16H13BrO2. The van der Waals surface area contributed by atoms with Gasteiger partial charge in [-0.25, -0.2) is 0 Å². The van der Waals surface area contributed by atoms with Gasteiger partial charge in [0.1, 0.15) is 12.4 Å². The van der Waals surface area contributed by atoms with Crippen molar-refractivity contribution in [1.29, 1.82) is 0 Å². The number of benzene rings is 2. The fourth-order valence-corrected chi connectivity index (χ4v) is 1.91. The van der Waals surface area contributed by atoms with Gasteiger partial charge in [0.2, 0.25) is 0 Å². The van der Waals surface area contributed by atoms with Crippen LogP contribution in [0.3, 0.4) is 0 Å². The molecule has 0 atom stereocenters. The van der Waals surface area contributed by atoms with E-state index in [0.29, 0.717) is 12.4 Å². The highest BCUT2D eigenvalue weighted by Gasteiger charge is 2.00. The highest BCUT2D eigenvalue weighted by molar-refractivity contribution is 9.10. The van der Waals surface area contributed by atoms with E-state index in [0.717, 1.165) is 15.6 Å². The van der Waals surface area contributed by atoms with Crippen LogP contribution in [0.5, 0.6) is 5.75 Å². The number of hydrogen-bond donors (Lipinski definition) is 1. The molecule has 0 saturated heterocycles. The summed E-state index contributed by atoms with van der Waals surface area (Å²) in [6.07, 6.45) is 0. The number of ether oxygens (including phenoxy) is 1. The summed E-state index contributed by atoms with van der Waals surface area (Å²) in [5.41, 5.74) is 1.77. The maximum absolute atomic E-state index is 9.15. The van der Waals surface area contributed by atoms with Gasteiger partial charge in [-0.3, -0.25) is 0 Å². The molecule has 0 bridgehead atoms. The van der Waals surface area contributed by atoms with Crippen LogP contribution in [0.25, 0.3) is 0 Å². The zero-order chi connectivity index (χ0) is 13.5. The number of aliphatic hydroxyl groups excluding tert-OH is 1. The first kappa shape index (κ1) is 13.7. The van der Waals surface area contributed by atoms with Crippen molar-refractivity contribution in [3.8, 4) is 17.6 Å². The second-order valence-corrected chi connectivity index (χ2v) is 4.72. The van der Waals surface area contributed by atoms with Gasteiger partial charge in [0.25, 0.3) is 0 Å². The lowest BCUT2D eigenvalue weighted by molar-refractivity contribution is 0.280. The van der Waals surface area contributed by atoms with Crippen molar-refractivity contribution < 1.29 is 9.84 Å². The van der Waals surface area contributed by atoms with Crippen LogP contribution < -0.4 is 4.74 Å².